The Morgan fingerprint density at radius 3 is 2.62 bits per heavy atom. The van der Waals surface area contributed by atoms with Gasteiger partial charge in [0.15, 0.2) is 0 Å². The van der Waals surface area contributed by atoms with E-state index in [-0.39, 0.29) is 29.5 Å². The van der Waals surface area contributed by atoms with E-state index in [1.54, 1.807) is 12.1 Å². The Hall–Kier alpha value is -1.44. The number of benzene rings is 1. The highest BCUT2D eigenvalue weighted by molar-refractivity contribution is 5.85. The average molecular weight is 364 g/mol. The summed E-state index contributed by atoms with van der Waals surface area (Å²) in [6, 6.07) is 6.22. The molecule has 1 aliphatic rings. The number of alkyl halides is 2. The Morgan fingerprint density at radius 1 is 1.42 bits per heavy atom. The van der Waals surface area contributed by atoms with Gasteiger partial charge in [0.2, 0.25) is 5.91 Å². The molecule has 1 fully saturated rings. The van der Waals surface area contributed by atoms with Gasteiger partial charge in [-0.1, -0.05) is 19.1 Å². The van der Waals surface area contributed by atoms with Gasteiger partial charge in [-0.2, -0.15) is 8.78 Å². The molecule has 1 aromatic carbocycles. The highest BCUT2D eigenvalue weighted by Gasteiger charge is 2.32. The monoisotopic (exact) mass is 363 g/mol. The SMILES string of the molecule is CC1(CN)CCN(CC(=O)NCc2ccc(OC(F)F)cc2)C1.Cl. The van der Waals surface area contributed by atoms with Gasteiger partial charge in [0.1, 0.15) is 5.75 Å². The van der Waals surface area contributed by atoms with Crippen molar-refractivity contribution in [3.05, 3.63) is 29.8 Å². The van der Waals surface area contributed by atoms with Gasteiger partial charge in [-0.15, -0.1) is 12.4 Å². The van der Waals surface area contributed by atoms with Crippen LogP contribution in [-0.2, 0) is 11.3 Å². The van der Waals surface area contributed by atoms with Gasteiger partial charge in [-0.05, 0) is 42.6 Å². The number of likely N-dealkylation sites (tertiary alicyclic amines) is 1. The lowest BCUT2D eigenvalue weighted by atomic mass is 9.90. The van der Waals surface area contributed by atoms with Crippen molar-refractivity contribution in [1.29, 1.82) is 0 Å². The molecule has 0 bridgehead atoms. The summed E-state index contributed by atoms with van der Waals surface area (Å²) >= 11 is 0. The first-order chi connectivity index (χ1) is 10.9. The third-order valence-corrected chi connectivity index (χ3v) is 4.14. The second kappa shape index (κ2) is 9.15. The maximum atomic E-state index is 12.1. The molecule has 1 aromatic rings. The fourth-order valence-electron chi connectivity index (χ4n) is 2.68. The molecule has 5 nitrogen and oxygen atoms in total. The molecule has 2 rings (SSSR count). The highest BCUT2D eigenvalue weighted by atomic mass is 35.5. The second-order valence-corrected chi connectivity index (χ2v) is 6.27. The van der Waals surface area contributed by atoms with Crippen LogP contribution >= 0.6 is 12.4 Å². The maximum Gasteiger partial charge on any atom is 0.387 e. The van der Waals surface area contributed by atoms with E-state index in [1.165, 1.54) is 12.1 Å². The smallest absolute Gasteiger partial charge is 0.387 e. The normalized spacial score (nSPS) is 20.7. The van der Waals surface area contributed by atoms with Crippen molar-refractivity contribution in [2.75, 3.05) is 26.2 Å². The minimum atomic E-state index is -2.83. The molecular formula is C16H24ClF2N3O2. The zero-order chi connectivity index (χ0) is 16.9. The Balaban J connectivity index is 0.00000288. The summed E-state index contributed by atoms with van der Waals surface area (Å²) in [7, 11) is 0. The summed E-state index contributed by atoms with van der Waals surface area (Å²) in [4.78, 5) is 14.1. The number of ether oxygens (including phenoxy) is 1. The number of nitrogens with two attached hydrogens (primary N) is 1. The standard InChI is InChI=1S/C16H23F2N3O2.ClH/c1-16(10-19)6-7-21(11-16)9-14(22)20-8-12-2-4-13(5-3-12)23-15(17)18;/h2-5,15H,6-11,19H2,1H3,(H,20,22);1H. The van der Waals surface area contributed by atoms with E-state index < -0.39 is 6.61 Å². The van der Waals surface area contributed by atoms with Crippen molar-refractivity contribution in [3.63, 3.8) is 0 Å². The number of carbonyl (C=O) groups excluding carboxylic acids is 1. The lowest BCUT2D eigenvalue weighted by Gasteiger charge is -2.22. The van der Waals surface area contributed by atoms with Crippen molar-refractivity contribution < 1.29 is 18.3 Å². The van der Waals surface area contributed by atoms with E-state index in [1.807, 2.05) is 0 Å². The fourth-order valence-corrected chi connectivity index (χ4v) is 2.68. The first kappa shape index (κ1) is 20.6. The lowest BCUT2D eigenvalue weighted by Crippen LogP contribution is -2.38. The number of amides is 1. The van der Waals surface area contributed by atoms with Gasteiger partial charge < -0.3 is 15.8 Å². The topological polar surface area (TPSA) is 67.6 Å². The largest absolute Gasteiger partial charge is 0.435 e. The van der Waals surface area contributed by atoms with Gasteiger partial charge in [0.05, 0.1) is 6.54 Å². The van der Waals surface area contributed by atoms with Crippen LogP contribution in [-0.4, -0.2) is 43.6 Å². The molecule has 0 radical (unpaired) electrons. The number of nitrogens with one attached hydrogen (secondary N) is 1. The molecule has 136 valence electrons. The zero-order valence-electron chi connectivity index (χ0n) is 13.6. The van der Waals surface area contributed by atoms with Gasteiger partial charge in [0, 0.05) is 13.1 Å². The van der Waals surface area contributed by atoms with Crippen molar-refractivity contribution in [2.45, 2.75) is 26.5 Å². The predicted molar refractivity (Wildman–Crippen MR) is 90.4 cm³/mol. The molecule has 1 atom stereocenters. The van der Waals surface area contributed by atoms with Crippen LogP contribution in [0, 0.1) is 5.41 Å². The molecule has 8 heteroatoms. The van der Waals surface area contributed by atoms with Crippen molar-refractivity contribution >= 4 is 18.3 Å². The molecule has 1 aliphatic heterocycles. The van der Waals surface area contributed by atoms with Gasteiger partial charge in [-0.3, -0.25) is 9.69 Å². The summed E-state index contributed by atoms with van der Waals surface area (Å²) < 4.78 is 28.4. The number of nitrogens with zero attached hydrogens (tertiary/aromatic N) is 1. The molecule has 1 saturated heterocycles. The zero-order valence-corrected chi connectivity index (χ0v) is 14.5. The Kier molecular flexibility index (Phi) is 7.86. The number of rotatable bonds is 7. The van der Waals surface area contributed by atoms with Crippen molar-refractivity contribution in [1.82, 2.24) is 10.2 Å². The van der Waals surface area contributed by atoms with E-state index in [9.17, 15) is 13.6 Å². The van der Waals surface area contributed by atoms with Crippen LogP contribution in [0.25, 0.3) is 0 Å². The molecular weight excluding hydrogens is 340 g/mol. The lowest BCUT2D eigenvalue weighted by molar-refractivity contribution is -0.122. The van der Waals surface area contributed by atoms with Crippen molar-refractivity contribution in [3.8, 4) is 5.75 Å². The van der Waals surface area contributed by atoms with Crippen LogP contribution in [0.1, 0.15) is 18.9 Å². The molecule has 3 N–H and O–H groups in total. The molecule has 1 amide bonds. The van der Waals surface area contributed by atoms with E-state index >= 15 is 0 Å². The van der Waals surface area contributed by atoms with Gasteiger partial charge in [0.25, 0.3) is 0 Å². The molecule has 1 unspecified atom stereocenters. The number of halogens is 3. The summed E-state index contributed by atoms with van der Waals surface area (Å²) in [6.07, 6.45) is 1.00. The number of hydrogen-bond acceptors (Lipinski definition) is 4. The molecule has 0 aromatic heterocycles. The summed E-state index contributed by atoms with van der Waals surface area (Å²) in [5, 5.41) is 2.83. The van der Waals surface area contributed by atoms with E-state index in [0.717, 1.165) is 25.1 Å². The molecule has 0 saturated carbocycles. The molecule has 0 spiro atoms. The quantitative estimate of drug-likeness (QED) is 0.777. The van der Waals surface area contributed by atoms with Crippen LogP contribution < -0.4 is 15.8 Å². The number of carbonyl (C=O) groups is 1. The van der Waals surface area contributed by atoms with Crippen LogP contribution in [0.15, 0.2) is 24.3 Å². The van der Waals surface area contributed by atoms with Gasteiger partial charge >= 0.3 is 6.61 Å². The minimum absolute atomic E-state index is 0. The first-order valence-electron chi connectivity index (χ1n) is 7.63. The summed E-state index contributed by atoms with van der Waals surface area (Å²) in [5.41, 5.74) is 6.68. The van der Waals surface area contributed by atoms with Crippen LogP contribution in [0.4, 0.5) is 8.78 Å². The fraction of sp³-hybridized carbons (Fsp3) is 0.562. The van der Waals surface area contributed by atoms with Crippen LogP contribution in [0.3, 0.4) is 0 Å². The Morgan fingerprint density at radius 2 is 2.08 bits per heavy atom. The van der Waals surface area contributed by atoms with E-state index in [0.29, 0.717) is 19.6 Å². The minimum Gasteiger partial charge on any atom is -0.435 e. The summed E-state index contributed by atoms with van der Waals surface area (Å²) in [6.45, 7) is 2.33. The third-order valence-electron chi connectivity index (χ3n) is 4.14. The molecule has 0 aliphatic carbocycles. The average Bonchev–Trinajstić information content (AvgIpc) is 2.88. The van der Waals surface area contributed by atoms with Crippen LogP contribution in [0.5, 0.6) is 5.75 Å². The van der Waals surface area contributed by atoms with E-state index in [4.69, 9.17) is 5.73 Å². The predicted octanol–water partition coefficient (Wildman–Crippen LogP) is 2.00. The highest BCUT2D eigenvalue weighted by Crippen LogP contribution is 2.27. The first-order valence-corrected chi connectivity index (χ1v) is 7.63. The Bertz CT molecular complexity index is 531. The van der Waals surface area contributed by atoms with Crippen molar-refractivity contribution in [2.24, 2.45) is 11.1 Å². The molecule has 24 heavy (non-hydrogen) atoms. The third kappa shape index (κ3) is 6.22. The second-order valence-electron chi connectivity index (χ2n) is 6.27. The molecule has 1 heterocycles. The van der Waals surface area contributed by atoms with Crippen LogP contribution in [0.2, 0.25) is 0 Å². The van der Waals surface area contributed by atoms with E-state index in [2.05, 4.69) is 21.9 Å². The Labute approximate surface area is 146 Å². The summed E-state index contributed by atoms with van der Waals surface area (Å²) in [5.74, 6) is 0.0485. The van der Waals surface area contributed by atoms with Gasteiger partial charge in [-0.25, -0.2) is 0 Å². The number of hydrogen-bond donors (Lipinski definition) is 2. The maximum absolute atomic E-state index is 12.1.